The number of hydrogen-bond donors (Lipinski definition) is 5. The van der Waals surface area contributed by atoms with Crippen molar-refractivity contribution >= 4 is 29.2 Å². The van der Waals surface area contributed by atoms with E-state index in [1.54, 1.807) is 0 Å². The molecule has 12 heteroatoms. The van der Waals surface area contributed by atoms with Crippen LogP contribution in [0.25, 0.3) is 0 Å². The van der Waals surface area contributed by atoms with E-state index in [1.165, 1.54) is 0 Å². The number of nitrogens with two attached hydrogens (primary N) is 1. The summed E-state index contributed by atoms with van der Waals surface area (Å²) in [7, 11) is 0. The van der Waals surface area contributed by atoms with Gasteiger partial charge < -0.3 is 27.0 Å². The van der Waals surface area contributed by atoms with Crippen LogP contribution in [-0.2, 0) is 17.5 Å². The molecule has 6 N–H and O–H groups in total. The topological polar surface area (TPSA) is 129 Å². The van der Waals surface area contributed by atoms with Crippen LogP contribution in [0.4, 0.5) is 29.3 Å². The number of urea groups is 1. The molecule has 0 radical (unpaired) electrons. The van der Waals surface area contributed by atoms with Crippen molar-refractivity contribution in [2.75, 3.05) is 30.7 Å². The number of hydrogen-bond acceptors (Lipinski definition) is 5. The zero-order chi connectivity index (χ0) is 28.0. The lowest BCUT2D eigenvalue weighted by atomic mass is 10.1. The monoisotopic (exact) mass is 534 g/mol. The molecule has 1 aliphatic heterocycles. The standard InChI is InChI=1S/C26H33F3N6O3/c1-15(2)32-25(38)34-22-10-17(5-4-16(22)3)13-35-9-8-19(14-35)33-23(36)12-31-24(37)20-11-18(26(27,28)29)6-7-21(20)30/h4-7,10-11,15,19H,8-9,12-14,30H2,1-3H3,(H,31,37)(H,33,36)(H2,32,34,38)/t19-/m1/s1. The van der Waals surface area contributed by atoms with E-state index in [0.717, 1.165) is 35.5 Å². The predicted molar refractivity (Wildman–Crippen MR) is 138 cm³/mol. The second-order valence-corrected chi connectivity index (χ2v) is 9.67. The van der Waals surface area contributed by atoms with E-state index >= 15 is 0 Å². The van der Waals surface area contributed by atoms with Crippen LogP contribution in [0.3, 0.4) is 0 Å². The molecule has 0 aliphatic carbocycles. The van der Waals surface area contributed by atoms with Crippen molar-refractivity contribution in [3.05, 3.63) is 58.7 Å². The number of likely N-dealkylation sites (tertiary alicyclic amines) is 1. The van der Waals surface area contributed by atoms with Gasteiger partial charge in [0.1, 0.15) is 0 Å². The van der Waals surface area contributed by atoms with Crippen LogP contribution in [0.2, 0.25) is 0 Å². The zero-order valence-electron chi connectivity index (χ0n) is 21.5. The van der Waals surface area contributed by atoms with Gasteiger partial charge >= 0.3 is 12.2 Å². The minimum absolute atomic E-state index is 0.0160. The molecule has 0 saturated carbocycles. The Bertz CT molecular complexity index is 1190. The molecule has 0 bridgehead atoms. The van der Waals surface area contributed by atoms with Crippen LogP contribution < -0.4 is 27.0 Å². The van der Waals surface area contributed by atoms with Crippen LogP contribution >= 0.6 is 0 Å². The summed E-state index contributed by atoms with van der Waals surface area (Å²) in [5.74, 6) is -1.31. The first-order valence-corrected chi connectivity index (χ1v) is 12.3. The first-order chi connectivity index (χ1) is 17.8. The Kier molecular flexibility index (Phi) is 9.21. The van der Waals surface area contributed by atoms with Gasteiger partial charge in [-0.15, -0.1) is 0 Å². The molecule has 1 atom stereocenters. The SMILES string of the molecule is Cc1ccc(CN2CC[C@@H](NC(=O)CNC(=O)c3cc(C(F)(F)F)ccc3N)C2)cc1NC(=O)NC(C)C. The molecule has 1 heterocycles. The Hall–Kier alpha value is -3.80. The number of aryl methyl sites for hydroxylation is 1. The number of carbonyl (C=O) groups is 3. The third-order valence-electron chi connectivity index (χ3n) is 6.05. The van der Waals surface area contributed by atoms with E-state index in [9.17, 15) is 27.6 Å². The van der Waals surface area contributed by atoms with E-state index in [2.05, 4.69) is 26.2 Å². The second kappa shape index (κ2) is 12.2. The fourth-order valence-corrected chi connectivity index (χ4v) is 4.14. The van der Waals surface area contributed by atoms with Crippen LogP contribution in [-0.4, -0.2) is 54.5 Å². The lowest BCUT2D eigenvalue weighted by Crippen LogP contribution is -2.43. The van der Waals surface area contributed by atoms with E-state index in [1.807, 2.05) is 39.0 Å². The van der Waals surface area contributed by atoms with Gasteiger partial charge in [0, 0.05) is 43.1 Å². The highest BCUT2D eigenvalue weighted by atomic mass is 19.4. The smallest absolute Gasteiger partial charge is 0.398 e. The minimum atomic E-state index is -4.62. The average molecular weight is 535 g/mol. The van der Waals surface area contributed by atoms with E-state index in [0.29, 0.717) is 25.6 Å². The molecule has 0 spiro atoms. The molecule has 2 aromatic rings. The zero-order valence-corrected chi connectivity index (χ0v) is 21.5. The molecule has 38 heavy (non-hydrogen) atoms. The molecule has 206 valence electrons. The van der Waals surface area contributed by atoms with Gasteiger partial charge in [-0.25, -0.2) is 4.79 Å². The fourth-order valence-electron chi connectivity index (χ4n) is 4.14. The number of nitrogens with one attached hydrogen (secondary N) is 4. The number of alkyl halides is 3. The molecular weight excluding hydrogens is 501 g/mol. The Morgan fingerprint density at radius 3 is 2.55 bits per heavy atom. The maximum atomic E-state index is 12.9. The summed E-state index contributed by atoms with van der Waals surface area (Å²) < 4.78 is 38.8. The highest BCUT2D eigenvalue weighted by Gasteiger charge is 2.31. The normalized spacial score (nSPS) is 15.8. The van der Waals surface area contributed by atoms with Gasteiger partial charge in [0.2, 0.25) is 5.91 Å². The van der Waals surface area contributed by atoms with E-state index < -0.39 is 30.1 Å². The largest absolute Gasteiger partial charge is 0.416 e. The highest BCUT2D eigenvalue weighted by Crippen LogP contribution is 2.31. The summed E-state index contributed by atoms with van der Waals surface area (Å²) in [6.07, 6.45) is -3.92. The lowest BCUT2D eigenvalue weighted by Gasteiger charge is -2.18. The summed E-state index contributed by atoms with van der Waals surface area (Å²) in [6, 6.07) is 7.93. The Labute approximate surface area is 219 Å². The van der Waals surface area contributed by atoms with Gasteiger partial charge in [0.15, 0.2) is 0 Å². The van der Waals surface area contributed by atoms with Crippen molar-refractivity contribution in [3.8, 4) is 0 Å². The van der Waals surface area contributed by atoms with Crippen molar-refractivity contribution in [1.82, 2.24) is 20.9 Å². The fraction of sp³-hybridized carbons (Fsp3) is 0.423. The van der Waals surface area contributed by atoms with E-state index in [-0.39, 0.29) is 29.4 Å². The molecule has 1 aliphatic rings. The van der Waals surface area contributed by atoms with Crippen molar-refractivity contribution in [2.24, 2.45) is 0 Å². The van der Waals surface area contributed by atoms with Gasteiger partial charge in [-0.2, -0.15) is 13.2 Å². The van der Waals surface area contributed by atoms with Crippen molar-refractivity contribution < 1.29 is 27.6 Å². The summed E-state index contributed by atoms with van der Waals surface area (Å²) in [4.78, 5) is 38.9. The van der Waals surface area contributed by atoms with Crippen LogP contribution in [0.5, 0.6) is 0 Å². The molecule has 0 unspecified atom stereocenters. The first kappa shape index (κ1) is 28.8. The van der Waals surface area contributed by atoms with Crippen LogP contribution in [0.1, 0.15) is 47.3 Å². The summed E-state index contributed by atoms with van der Waals surface area (Å²) in [5, 5.41) is 10.8. The second-order valence-electron chi connectivity index (χ2n) is 9.67. The number of amides is 4. The number of nitrogen functional groups attached to an aromatic ring is 1. The van der Waals surface area contributed by atoms with Crippen molar-refractivity contribution in [2.45, 2.75) is 52.0 Å². The molecular formula is C26H33F3N6O3. The summed E-state index contributed by atoms with van der Waals surface area (Å²) >= 11 is 0. The third kappa shape index (κ3) is 8.10. The molecule has 0 aromatic heterocycles. The molecule has 9 nitrogen and oxygen atoms in total. The number of nitrogens with zero attached hydrogens (tertiary/aromatic N) is 1. The third-order valence-corrected chi connectivity index (χ3v) is 6.05. The summed E-state index contributed by atoms with van der Waals surface area (Å²) in [6.45, 7) is 7.23. The Morgan fingerprint density at radius 2 is 1.87 bits per heavy atom. The lowest BCUT2D eigenvalue weighted by molar-refractivity contribution is -0.137. The van der Waals surface area contributed by atoms with Gasteiger partial charge in [0.05, 0.1) is 17.7 Å². The molecule has 3 rings (SSSR count). The Balaban J connectivity index is 1.49. The van der Waals surface area contributed by atoms with Gasteiger partial charge in [-0.3, -0.25) is 14.5 Å². The van der Waals surface area contributed by atoms with Gasteiger partial charge in [-0.05, 0) is 62.6 Å². The molecule has 2 aromatic carbocycles. The summed E-state index contributed by atoms with van der Waals surface area (Å²) in [5.41, 5.74) is 6.87. The minimum Gasteiger partial charge on any atom is -0.398 e. The quantitative estimate of drug-likeness (QED) is 0.332. The molecule has 1 fully saturated rings. The predicted octanol–water partition coefficient (Wildman–Crippen LogP) is 3.25. The molecule has 4 amide bonds. The van der Waals surface area contributed by atoms with E-state index in [4.69, 9.17) is 5.73 Å². The molecule has 1 saturated heterocycles. The van der Waals surface area contributed by atoms with Crippen molar-refractivity contribution in [1.29, 1.82) is 0 Å². The number of carbonyl (C=O) groups excluding carboxylic acids is 3. The van der Waals surface area contributed by atoms with Gasteiger partial charge in [-0.1, -0.05) is 12.1 Å². The number of anilines is 2. The number of benzene rings is 2. The maximum Gasteiger partial charge on any atom is 0.416 e. The van der Waals surface area contributed by atoms with Crippen molar-refractivity contribution in [3.63, 3.8) is 0 Å². The Morgan fingerprint density at radius 1 is 1.13 bits per heavy atom. The maximum absolute atomic E-state index is 12.9. The first-order valence-electron chi connectivity index (χ1n) is 12.3. The van der Waals surface area contributed by atoms with Crippen LogP contribution in [0, 0.1) is 6.92 Å². The highest BCUT2D eigenvalue weighted by molar-refractivity contribution is 6.00. The number of halogens is 3. The van der Waals surface area contributed by atoms with Crippen LogP contribution in [0.15, 0.2) is 36.4 Å². The average Bonchev–Trinajstić information content (AvgIpc) is 3.25. The van der Waals surface area contributed by atoms with Gasteiger partial charge in [0.25, 0.3) is 5.91 Å². The number of rotatable bonds is 8.